The summed E-state index contributed by atoms with van der Waals surface area (Å²) in [5.74, 6) is 0.674. The van der Waals surface area contributed by atoms with E-state index in [2.05, 4.69) is 4.98 Å². The number of oxazole rings is 1. The number of hydrogen-bond donors (Lipinski definition) is 2. The van der Waals surface area contributed by atoms with Gasteiger partial charge in [0, 0.05) is 19.0 Å². The van der Waals surface area contributed by atoms with Crippen LogP contribution < -0.4 is 11.5 Å². The SMILES string of the molecule is Cc1nc2ccc(C(N)CC(C)N)cc2o1. The summed E-state index contributed by atoms with van der Waals surface area (Å²) < 4.78 is 5.47. The summed E-state index contributed by atoms with van der Waals surface area (Å²) >= 11 is 0. The summed E-state index contributed by atoms with van der Waals surface area (Å²) in [5.41, 5.74) is 14.5. The van der Waals surface area contributed by atoms with Crippen LogP contribution in [0, 0.1) is 6.92 Å². The predicted molar refractivity (Wildman–Crippen MR) is 63.9 cm³/mol. The standard InChI is InChI=1S/C12H17N3O/c1-7(13)5-10(14)9-3-4-11-12(6-9)16-8(2)15-11/h3-4,6-7,10H,5,13-14H2,1-2H3. The Morgan fingerprint density at radius 1 is 1.38 bits per heavy atom. The summed E-state index contributed by atoms with van der Waals surface area (Å²) in [6.07, 6.45) is 0.763. The fourth-order valence-electron chi connectivity index (χ4n) is 1.82. The maximum absolute atomic E-state index is 6.05. The van der Waals surface area contributed by atoms with E-state index in [-0.39, 0.29) is 12.1 Å². The van der Waals surface area contributed by atoms with Crippen molar-refractivity contribution < 1.29 is 4.42 Å². The molecule has 1 aromatic heterocycles. The minimum absolute atomic E-state index is 0.0465. The fourth-order valence-corrected chi connectivity index (χ4v) is 1.82. The van der Waals surface area contributed by atoms with Crippen LogP contribution in [-0.4, -0.2) is 11.0 Å². The normalized spacial score (nSPS) is 15.2. The van der Waals surface area contributed by atoms with Crippen molar-refractivity contribution in [3.63, 3.8) is 0 Å². The van der Waals surface area contributed by atoms with Crippen molar-refractivity contribution in [3.8, 4) is 0 Å². The van der Waals surface area contributed by atoms with Crippen LogP contribution in [0.2, 0.25) is 0 Å². The average molecular weight is 219 g/mol. The second kappa shape index (κ2) is 4.23. The molecule has 0 aliphatic rings. The fraction of sp³-hybridized carbons (Fsp3) is 0.417. The number of rotatable bonds is 3. The quantitative estimate of drug-likeness (QED) is 0.826. The Kier molecular flexibility index (Phi) is 2.94. The molecule has 0 aliphatic carbocycles. The van der Waals surface area contributed by atoms with E-state index in [1.807, 2.05) is 32.0 Å². The zero-order chi connectivity index (χ0) is 11.7. The molecule has 0 saturated heterocycles. The highest BCUT2D eigenvalue weighted by molar-refractivity contribution is 5.73. The first-order valence-corrected chi connectivity index (χ1v) is 5.44. The molecule has 4 nitrogen and oxygen atoms in total. The third kappa shape index (κ3) is 2.23. The van der Waals surface area contributed by atoms with Crippen molar-refractivity contribution in [2.45, 2.75) is 32.4 Å². The van der Waals surface area contributed by atoms with E-state index in [0.717, 1.165) is 23.1 Å². The lowest BCUT2D eigenvalue weighted by Gasteiger charge is -2.13. The minimum atomic E-state index is -0.0465. The molecule has 86 valence electrons. The average Bonchev–Trinajstić information content (AvgIpc) is 2.55. The molecule has 2 unspecified atom stereocenters. The summed E-state index contributed by atoms with van der Waals surface area (Å²) in [6, 6.07) is 5.92. The molecule has 0 amide bonds. The van der Waals surface area contributed by atoms with Crippen LogP contribution in [0.3, 0.4) is 0 Å². The molecule has 0 fully saturated rings. The number of nitrogens with two attached hydrogens (primary N) is 2. The van der Waals surface area contributed by atoms with Crippen molar-refractivity contribution in [1.29, 1.82) is 0 Å². The van der Waals surface area contributed by atoms with Gasteiger partial charge in [0.05, 0.1) is 0 Å². The molecular formula is C12H17N3O. The minimum Gasteiger partial charge on any atom is -0.441 e. The van der Waals surface area contributed by atoms with Gasteiger partial charge in [-0.25, -0.2) is 4.98 Å². The molecule has 1 heterocycles. The van der Waals surface area contributed by atoms with E-state index < -0.39 is 0 Å². The number of fused-ring (bicyclic) bond motifs is 1. The lowest BCUT2D eigenvalue weighted by Crippen LogP contribution is -2.23. The zero-order valence-corrected chi connectivity index (χ0v) is 9.60. The van der Waals surface area contributed by atoms with Crippen LogP contribution in [0.5, 0.6) is 0 Å². The number of hydrogen-bond acceptors (Lipinski definition) is 4. The zero-order valence-electron chi connectivity index (χ0n) is 9.60. The van der Waals surface area contributed by atoms with Crippen molar-refractivity contribution in [1.82, 2.24) is 4.98 Å². The van der Waals surface area contributed by atoms with Gasteiger partial charge in [-0.3, -0.25) is 0 Å². The van der Waals surface area contributed by atoms with Crippen LogP contribution in [0.4, 0.5) is 0 Å². The van der Waals surface area contributed by atoms with E-state index >= 15 is 0 Å². The second-order valence-corrected chi connectivity index (χ2v) is 4.28. The monoisotopic (exact) mass is 219 g/mol. The van der Waals surface area contributed by atoms with Gasteiger partial charge >= 0.3 is 0 Å². The summed E-state index contributed by atoms with van der Waals surface area (Å²) in [7, 11) is 0. The maximum Gasteiger partial charge on any atom is 0.192 e. The summed E-state index contributed by atoms with van der Waals surface area (Å²) in [5, 5.41) is 0. The first kappa shape index (κ1) is 11.1. The third-order valence-corrected chi connectivity index (χ3v) is 2.57. The van der Waals surface area contributed by atoms with E-state index in [0.29, 0.717) is 5.89 Å². The van der Waals surface area contributed by atoms with Crippen molar-refractivity contribution in [3.05, 3.63) is 29.7 Å². The smallest absolute Gasteiger partial charge is 0.192 e. The number of nitrogens with zero attached hydrogens (tertiary/aromatic N) is 1. The molecule has 0 spiro atoms. The van der Waals surface area contributed by atoms with E-state index in [4.69, 9.17) is 15.9 Å². The first-order valence-electron chi connectivity index (χ1n) is 5.44. The third-order valence-electron chi connectivity index (χ3n) is 2.57. The first-order chi connectivity index (χ1) is 7.56. The Balaban J connectivity index is 2.31. The predicted octanol–water partition coefficient (Wildman–Crippen LogP) is 1.87. The van der Waals surface area contributed by atoms with Gasteiger partial charge in [0.2, 0.25) is 0 Å². The molecule has 0 bridgehead atoms. The van der Waals surface area contributed by atoms with Crippen LogP contribution in [0.15, 0.2) is 22.6 Å². The van der Waals surface area contributed by atoms with Gasteiger partial charge in [-0.2, -0.15) is 0 Å². The van der Waals surface area contributed by atoms with Gasteiger partial charge in [0.15, 0.2) is 11.5 Å². The van der Waals surface area contributed by atoms with Gasteiger partial charge in [0.25, 0.3) is 0 Å². The number of aryl methyl sites for hydroxylation is 1. The van der Waals surface area contributed by atoms with E-state index in [1.165, 1.54) is 0 Å². The molecule has 4 N–H and O–H groups in total. The summed E-state index contributed by atoms with van der Waals surface area (Å²) in [6.45, 7) is 3.79. The van der Waals surface area contributed by atoms with Gasteiger partial charge in [-0.05, 0) is 31.0 Å². The van der Waals surface area contributed by atoms with Crippen molar-refractivity contribution in [2.75, 3.05) is 0 Å². The number of benzene rings is 1. The van der Waals surface area contributed by atoms with Gasteiger partial charge in [-0.15, -0.1) is 0 Å². The molecule has 2 aromatic rings. The molecule has 2 atom stereocenters. The van der Waals surface area contributed by atoms with Crippen LogP contribution >= 0.6 is 0 Å². The van der Waals surface area contributed by atoms with Gasteiger partial charge in [0.1, 0.15) is 5.52 Å². The van der Waals surface area contributed by atoms with Gasteiger partial charge in [-0.1, -0.05) is 6.07 Å². The molecule has 16 heavy (non-hydrogen) atoms. The molecule has 4 heteroatoms. The van der Waals surface area contributed by atoms with E-state index in [1.54, 1.807) is 0 Å². The molecule has 0 aliphatic heterocycles. The lowest BCUT2D eigenvalue weighted by atomic mass is 10.0. The van der Waals surface area contributed by atoms with Gasteiger partial charge < -0.3 is 15.9 Å². The highest BCUT2D eigenvalue weighted by atomic mass is 16.3. The Labute approximate surface area is 94.6 Å². The highest BCUT2D eigenvalue weighted by Gasteiger charge is 2.10. The number of aromatic nitrogens is 1. The molecule has 2 rings (SSSR count). The maximum atomic E-state index is 6.05. The van der Waals surface area contributed by atoms with Crippen LogP contribution in [0.1, 0.15) is 30.8 Å². The van der Waals surface area contributed by atoms with E-state index in [9.17, 15) is 0 Å². The molecular weight excluding hydrogens is 202 g/mol. The van der Waals surface area contributed by atoms with Crippen LogP contribution in [-0.2, 0) is 0 Å². The highest BCUT2D eigenvalue weighted by Crippen LogP contribution is 2.22. The lowest BCUT2D eigenvalue weighted by molar-refractivity contribution is 0.554. The van der Waals surface area contributed by atoms with Crippen molar-refractivity contribution in [2.24, 2.45) is 11.5 Å². The summed E-state index contributed by atoms with van der Waals surface area (Å²) in [4.78, 5) is 4.24. The largest absolute Gasteiger partial charge is 0.441 e. The Morgan fingerprint density at radius 2 is 2.12 bits per heavy atom. The second-order valence-electron chi connectivity index (χ2n) is 4.28. The molecule has 1 aromatic carbocycles. The van der Waals surface area contributed by atoms with Crippen LogP contribution in [0.25, 0.3) is 11.1 Å². The molecule has 0 radical (unpaired) electrons. The van der Waals surface area contributed by atoms with Crippen molar-refractivity contribution >= 4 is 11.1 Å². The molecule has 0 saturated carbocycles. The Morgan fingerprint density at radius 3 is 2.81 bits per heavy atom. The Bertz CT molecular complexity index is 490. The topological polar surface area (TPSA) is 78.1 Å². The Hall–Kier alpha value is -1.39.